The van der Waals surface area contributed by atoms with E-state index in [1.54, 1.807) is 30.2 Å². The zero-order valence-electron chi connectivity index (χ0n) is 10.6. The fraction of sp³-hybridized carbons (Fsp3) is 0.700. The second-order valence-electron chi connectivity index (χ2n) is 4.65. The molecule has 1 aliphatic rings. The molecule has 1 atom stereocenters. The Hall–Kier alpha value is -0.930. The fourth-order valence-electron chi connectivity index (χ4n) is 1.94. The summed E-state index contributed by atoms with van der Waals surface area (Å²) in [6.07, 6.45) is 4.83. The molecule has 0 radical (unpaired) electrons. The van der Waals surface area contributed by atoms with Gasteiger partial charge in [0, 0.05) is 32.0 Å². The number of sulfonamides is 1. The molecule has 0 aromatic carbocycles. The van der Waals surface area contributed by atoms with Crippen LogP contribution in [0.2, 0.25) is 0 Å². The first-order valence-corrected chi connectivity index (χ1v) is 9.29. The molecule has 7 nitrogen and oxygen atoms in total. The lowest BCUT2D eigenvalue weighted by Gasteiger charge is -2.30. The standard InChI is InChI=1S/C10H17N3O4S2/c1-10-8-13(5-6-18(10,14)15)19(16,17)7-4-12-3-2-11-9-12/h2-3,9-10H,4-8H2,1H3. The van der Waals surface area contributed by atoms with Gasteiger partial charge in [0.2, 0.25) is 10.0 Å². The quantitative estimate of drug-likeness (QED) is 0.736. The Morgan fingerprint density at radius 3 is 2.74 bits per heavy atom. The average molecular weight is 307 g/mol. The SMILES string of the molecule is CC1CN(S(=O)(=O)CCn2ccnc2)CCS1(=O)=O. The van der Waals surface area contributed by atoms with Crippen molar-refractivity contribution in [1.29, 1.82) is 0 Å². The van der Waals surface area contributed by atoms with Crippen LogP contribution >= 0.6 is 0 Å². The first-order chi connectivity index (χ1) is 8.81. The second-order valence-corrected chi connectivity index (χ2v) is 9.28. The van der Waals surface area contributed by atoms with Gasteiger partial charge in [0.05, 0.1) is 23.1 Å². The van der Waals surface area contributed by atoms with Gasteiger partial charge in [-0.15, -0.1) is 0 Å². The number of hydrogen-bond acceptors (Lipinski definition) is 5. The van der Waals surface area contributed by atoms with E-state index in [1.165, 1.54) is 4.31 Å². The summed E-state index contributed by atoms with van der Waals surface area (Å²) in [6, 6.07) is 0. The molecule has 1 aromatic heterocycles. The fourth-order valence-corrected chi connectivity index (χ4v) is 4.96. The van der Waals surface area contributed by atoms with Crippen LogP contribution < -0.4 is 0 Å². The third kappa shape index (κ3) is 3.34. The van der Waals surface area contributed by atoms with Gasteiger partial charge >= 0.3 is 0 Å². The van der Waals surface area contributed by atoms with Gasteiger partial charge in [0.25, 0.3) is 0 Å². The van der Waals surface area contributed by atoms with Crippen LogP contribution in [0.15, 0.2) is 18.7 Å². The molecule has 0 spiro atoms. The Morgan fingerprint density at radius 2 is 2.16 bits per heavy atom. The van der Waals surface area contributed by atoms with Crippen molar-refractivity contribution < 1.29 is 16.8 Å². The van der Waals surface area contributed by atoms with Crippen LogP contribution in [0.25, 0.3) is 0 Å². The molecule has 1 aromatic rings. The molecular formula is C10H17N3O4S2. The second kappa shape index (κ2) is 5.22. The molecule has 0 saturated carbocycles. The van der Waals surface area contributed by atoms with Gasteiger partial charge in [0.15, 0.2) is 9.84 Å². The minimum atomic E-state index is -3.42. The molecule has 0 amide bonds. The lowest BCUT2D eigenvalue weighted by atomic mass is 10.4. The van der Waals surface area contributed by atoms with E-state index < -0.39 is 25.1 Å². The number of nitrogens with zero attached hydrogens (tertiary/aromatic N) is 3. The molecule has 108 valence electrons. The predicted octanol–water partition coefficient (Wildman–Crippen LogP) is -0.668. The van der Waals surface area contributed by atoms with E-state index in [0.717, 1.165) is 0 Å². The number of sulfone groups is 1. The van der Waals surface area contributed by atoms with Gasteiger partial charge in [-0.25, -0.2) is 21.8 Å². The number of imidazole rings is 1. The number of rotatable bonds is 4. The van der Waals surface area contributed by atoms with Crippen LogP contribution in [-0.2, 0) is 26.4 Å². The minimum absolute atomic E-state index is 0.0455. The molecule has 1 aliphatic heterocycles. The highest BCUT2D eigenvalue weighted by Gasteiger charge is 2.34. The largest absolute Gasteiger partial charge is 0.336 e. The Kier molecular flexibility index (Phi) is 3.98. The van der Waals surface area contributed by atoms with Gasteiger partial charge in [-0.2, -0.15) is 4.31 Å². The Morgan fingerprint density at radius 1 is 1.42 bits per heavy atom. The number of aryl methyl sites for hydroxylation is 1. The molecule has 0 bridgehead atoms. The van der Waals surface area contributed by atoms with Gasteiger partial charge in [-0.3, -0.25) is 0 Å². The zero-order valence-corrected chi connectivity index (χ0v) is 12.3. The van der Waals surface area contributed by atoms with E-state index in [4.69, 9.17) is 0 Å². The van der Waals surface area contributed by atoms with Crippen LogP contribution in [0.1, 0.15) is 6.92 Å². The molecule has 2 rings (SSSR count). The van der Waals surface area contributed by atoms with E-state index in [1.807, 2.05) is 0 Å². The Balaban J connectivity index is 2.01. The van der Waals surface area contributed by atoms with Crippen molar-refractivity contribution in [2.24, 2.45) is 0 Å². The van der Waals surface area contributed by atoms with Crippen molar-refractivity contribution in [3.63, 3.8) is 0 Å². The topological polar surface area (TPSA) is 89.3 Å². The normalized spacial score (nSPS) is 24.4. The summed E-state index contributed by atoms with van der Waals surface area (Å²) in [6.45, 7) is 1.97. The van der Waals surface area contributed by atoms with Crippen molar-refractivity contribution in [2.75, 3.05) is 24.6 Å². The molecule has 1 unspecified atom stereocenters. The molecule has 2 heterocycles. The van der Waals surface area contributed by atoms with E-state index in [9.17, 15) is 16.8 Å². The predicted molar refractivity (Wildman–Crippen MR) is 70.8 cm³/mol. The molecule has 9 heteroatoms. The molecule has 19 heavy (non-hydrogen) atoms. The smallest absolute Gasteiger partial charge is 0.215 e. The summed E-state index contributed by atoms with van der Waals surface area (Å²) < 4.78 is 50.4. The highest BCUT2D eigenvalue weighted by Crippen LogP contribution is 2.15. The van der Waals surface area contributed by atoms with Crippen molar-refractivity contribution >= 4 is 19.9 Å². The van der Waals surface area contributed by atoms with E-state index in [-0.39, 0.29) is 24.6 Å². The molecule has 0 aliphatic carbocycles. The van der Waals surface area contributed by atoms with Crippen LogP contribution in [0.3, 0.4) is 0 Å². The van der Waals surface area contributed by atoms with Crippen molar-refractivity contribution in [3.8, 4) is 0 Å². The third-order valence-electron chi connectivity index (χ3n) is 3.26. The molecule has 1 fully saturated rings. The molecule has 1 saturated heterocycles. The highest BCUT2D eigenvalue weighted by molar-refractivity contribution is 7.92. The summed E-state index contributed by atoms with van der Waals surface area (Å²) in [5.74, 6) is -0.144. The lowest BCUT2D eigenvalue weighted by Crippen LogP contribution is -2.48. The summed E-state index contributed by atoms with van der Waals surface area (Å²) in [4.78, 5) is 3.84. The van der Waals surface area contributed by atoms with Crippen molar-refractivity contribution in [1.82, 2.24) is 13.9 Å². The zero-order chi connectivity index (χ0) is 14.1. The first-order valence-electron chi connectivity index (χ1n) is 5.96. The van der Waals surface area contributed by atoms with Gasteiger partial charge < -0.3 is 4.57 Å². The Bertz CT molecular complexity index is 622. The minimum Gasteiger partial charge on any atom is -0.336 e. The molecular weight excluding hydrogens is 290 g/mol. The number of hydrogen-bond donors (Lipinski definition) is 0. The summed E-state index contributed by atoms with van der Waals surface area (Å²) in [5.41, 5.74) is 0. The van der Waals surface area contributed by atoms with Crippen LogP contribution in [0.4, 0.5) is 0 Å². The highest BCUT2D eigenvalue weighted by atomic mass is 32.2. The maximum Gasteiger partial charge on any atom is 0.215 e. The van der Waals surface area contributed by atoms with Gasteiger partial charge in [-0.1, -0.05) is 0 Å². The van der Waals surface area contributed by atoms with Crippen LogP contribution in [0.5, 0.6) is 0 Å². The van der Waals surface area contributed by atoms with Crippen LogP contribution in [0, 0.1) is 0 Å². The van der Waals surface area contributed by atoms with Crippen molar-refractivity contribution in [2.45, 2.75) is 18.7 Å². The average Bonchev–Trinajstić information content (AvgIpc) is 2.83. The van der Waals surface area contributed by atoms with Crippen LogP contribution in [-0.4, -0.2) is 60.5 Å². The van der Waals surface area contributed by atoms with E-state index in [0.29, 0.717) is 6.54 Å². The van der Waals surface area contributed by atoms with Gasteiger partial charge in [0.1, 0.15) is 0 Å². The molecule has 0 N–H and O–H groups in total. The monoisotopic (exact) mass is 307 g/mol. The maximum atomic E-state index is 12.1. The summed E-state index contributed by atoms with van der Waals surface area (Å²) in [5, 5.41) is -0.635. The van der Waals surface area contributed by atoms with E-state index in [2.05, 4.69) is 4.98 Å². The maximum absolute atomic E-state index is 12.1. The summed E-state index contributed by atoms with van der Waals surface area (Å²) in [7, 11) is -6.56. The third-order valence-corrected chi connectivity index (χ3v) is 7.20. The summed E-state index contributed by atoms with van der Waals surface area (Å²) >= 11 is 0. The first kappa shape index (κ1) is 14.5. The Labute approximate surface area is 113 Å². The van der Waals surface area contributed by atoms with E-state index >= 15 is 0 Å². The van der Waals surface area contributed by atoms with Crippen molar-refractivity contribution in [3.05, 3.63) is 18.7 Å². The number of aromatic nitrogens is 2. The lowest BCUT2D eigenvalue weighted by molar-refractivity contribution is 0.406. The van der Waals surface area contributed by atoms with Gasteiger partial charge in [-0.05, 0) is 6.92 Å².